The molecule has 0 unspecified atom stereocenters. The van der Waals surface area contributed by atoms with E-state index in [1.165, 1.54) is 11.1 Å². The molecule has 2 aromatic rings. The molecule has 7 heteroatoms. The lowest BCUT2D eigenvalue weighted by Gasteiger charge is -2.48. The summed E-state index contributed by atoms with van der Waals surface area (Å²) in [5, 5.41) is 10.7. The fourth-order valence-electron chi connectivity index (χ4n) is 6.61. The van der Waals surface area contributed by atoms with E-state index >= 15 is 0 Å². The van der Waals surface area contributed by atoms with Crippen molar-refractivity contribution in [3.63, 3.8) is 0 Å². The van der Waals surface area contributed by atoms with Gasteiger partial charge in [-0.2, -0.15) is 0 Å². The Kier molecular flexibility index (Phi) is 7.92. The van der Waals surface area contributed by atoms with E-state index in [1.54, 1.807) is 12.1 Å². The van der Waals surface area contributed by atoms with Crippen LogP contribution in [0.5, 0.6) is 5.75 Å². The zero-order chi connectivity index (χ0) is 28.9. The average Bonchev–Trinajstić information content (AvgIpc) is 3.02. The molecule has 1 heterocycles. The predicted octanol–water partition coefficient (Wildman–Crippen LogP) is 8.11. The van der Waals surface area contributed by atoms with Gasteiger partial charge in [-0.25, -0.2) is 4.79 Å². The third-order valence-corrected chi connectivity index (χ3v) is 14.8. The zero-order valence-electron chi connectivity index (χ0n) is 24.6. The molecule has 216 valence electrons. The SMILES string of the molecule is C=C[C@H](O[Si](C)(C)C(C)(C)C)[C@@H]1CC[C@H]1CN1C[C@@]2(CCCc3cc(Cl)ccc32)COc2ccc(C(=O)O)cc21. The first-order chi connectivity index (χ1) is 18.8. The smallest absolute Gasteiger partial charge is 0.335 e. The summed E-state index contributed by atoms with van der Waals surface area (Å²) in [6, 6.07) is 11.6. The van der Waals surface area contributed by atoms with Gasteiger partial charge in [0, 0.05) is 23.5 Å². The number of hydrogen-bond acceptors (Lipinski definition) is 4. The second-order valence-corrected chi connectivity index (χ2v) is 18.9. The Hall–Kier alpha value is -2.28. The number of aryl methyl sites for hydroxylation is 1. The van der Waals surface area contributed by atoms with Crippen LogP contribution >= 0.6 is 11.6 Å². The lowest BCUT2D eigenvalue weighted by Crippen LogP contribution is -2.52. The van der Waals surface area contributed by atoms with Gasteiger partial charge in [0.15, 0.2) is 8.32 Å². The second kappa shape index (κ2) is 10.8. The quantitative estimate of drug-likeness (QED) is 0.264. The van der Waals surface area contributed by atoms with Gasteiger partial charge in [-0.15, -0.1) is 6.58 Å². The molecule has 0 bridgehead atoms. The van der Waals surface area contributed by atoms with Crippen LogP contribution in [0.1, 0.15) is 67.9 Å². The maximum atomic E-state index is 12.0. The van der Waals surface area contributed by atoms with Crippen molar-refractivity contribution in [3.8, 4) is 5.75 Å². The Morgan fingerprint density at radius 3 is 2.70 bits per heavy atom. The van der Waals surface area contributed by atoms with Crippen molar-refractivity contribution in [2.45, 2.75) is 82.5 Å². The average molecular weight is 582 g/mol. The molecule has 2 aromatic carbocycles. The molecule has 0 saturated heterocycles. The maximum absolute atomic E-state index is 12.0. The second-order valence-electron chi connectivity index (χ2n) is 13.7. The molecule has 5 nitrogen and oxygen atoms in total. The van der Waals surface area contributed by atoms with Crippen molar-refractivity contribution >= 4 is 31.6 Å². The molecule has 1 spiro atoms. The highest BCUT2D eigenvalue weighted by Gasteiger charge is 2.46. The number of fused-ring (bicyclic) bond motifs is 3. The first-order valence-corrected chi connectivity index (χ1v) is 18.0. The number of benzene rings is 2. The highest BCUT2D eigenvalue weighted by Crippen LogP contribution is 2.48. The maximum Gasteiger partial charge on any atom is 0.335 e. The van der Waals surface area contributed by atoms with Crippen LogP contribution in [0.3, 0.4) is 0 Å². The van der Waals surface area contributed by atoms with Gasteiger partial charge in [0.25, 0.3) is 0 Å². The van der Waals surface area contributed by atoms with Crippen molar-refractivity contribution in [1.29, 1.82) is 0 Å². The van der Waals surface area contributed by atoms with Gasteiger partial charge in [-0.3, -0.25) is 0 Å². The molecule has 1 fully saturated rings. The van der Waals surface area contributed by atoms with Crippen LogP contribution in [0, 0.1) is 11.8 Å². The number of carboxylic acids is 1. The van der Waals surface area contributed by atoms with E-state index in [1.807, 2.05) is 18.2 Å². The minimum atomic E-state index is -1.96. The normalized spacial score (nSPS) is 25.2. The summed E-state index contributed by atoms with van der Waals surface area (Å²) in [5.41, 5.74) is 3.60. The van der Waals surface area contributed by atoms with Gasteiger partial charge in [-0.1, -0.05) is 44.5 Å². The third kappa shape index (κ3) is 5.47. The standard InChI is InChI=1S/C33H44ClNO4Si/c1-7-29(39-40(5,6)32(2,3)4)26-13-10-24(26)19-35-20-33(16-8-9-22-17-25(34)12-14-27(22)33)21-38-30-15-11-23(31(36)37)18-28(30)35/h7,11-12,14-15,17-18,24,26,29H,1,8-10,13,16,19-21H2,2-6H3,(H,36,37)/t24-,26+,29-,33-/m0/s1. The summed E-state index contributed by atoms with van der Waals surface area (Å²) in [5.74, 6) is 0.667. The van der Waals surface area contributed by atoms with Gasteiger partial charge < -0.3 is 19.2 Å². The van der Waals surface area contributed by atoms with Gasteiger partial charge in [0.1, 0.15) is 5.75 Å². The Morgan fingerprint density at radius 2 is 2.05 bits per heavy atom. The van der Waals surface area contributed by atoms with Crippen molar-refractivity contribution < 1.29 is 19.1 Å². The van der Waals surface area contributed by atoms with Crippen molar-refractivity contribution in [3.05, 3.63) is 70.8 Å². The summed E-state index contributed by atoms with van der Waals surface area (Å²) in [6.45, 7) is 17.8. The first kappa shape index (κ1) is 29.2. The molecule has 5 rings (SSSR count). The molecule has 0 aromatic heterocycles. The number of ether oxygens (including phenoxy) is 1. The van der Waals surface area contributed by atoms with Crippen LogP contribution in [0.25, 0.3) is 0 Å². The minimum Gasteiger partial charge on any atom is -0.490 e. The lowest BCUT2D eigenvalue weighted by molar-refractivity contribution is 0.0528. The number of aromatic carboxylic acids is 1. The number of nitrogens with zero attached hydrogens (tertiary/aromatic N) is 1. The summed E-state index contributed by atoms with van der Waals surface area (Å²) in [7, 11) is -1.96. The van der Waals surface area contributed by atoms with Gasteiger partial charge in [0.2, 0.25) is 0 Å². The van der Waals surface area contributed by atoms with Crippen LogP contribution < -0.4 is 9.64 Å². The largest absolute Gasteiger partial charge is 0.490 e. The van der Waals surface area contributed by atoms with E-state index in [-0.39, 0.29) is 22.1 Å². The fourth-order valence-corrected chi connectivity index (χ4v) is 8.11. The molecular formula is C33H44ClNO4Si. The highest BCUT2D eigenvalue weighted by atomic mass is 35.5. The van der Waals surface area contributed by atoms with Crippen LogP contribution in [-0.2, 0) is 16.3 Å². The van der Waals surface area contributed by atoms with E-state index in [4.69, 9.17) is 20.8 Å². The predicted molar refractivity (Wildman–Crippen MR) is 166 cm³/mol. The summed E-state index contributed by atoms with van der Waals surface area (Å²) >= 11 is 6.40. The zero-order valence-corrected chi connectivity index (χ0v) is 26.4. The number of hydrogen-bond donors (Lipinski definition) is 1. The van der Waals surface area contributed by atoms with Crippen LogP contribution in [0.2, 0.25) is 23.2 Å². The first-order valence-electron chi connectivity index (χ1n) is 14.7. The molecule has 1 aliphatic heterocycles. The summed E-state index contributed by atoms with van der Waals surface area (Å²) in [4.78, 5) is 14.4. The summed E-state index contributed by atoms with van der Waals surface area (Å²) in [6.07, 6.45) is 7.41. The molecule has 1 saturated carbocycles. The molecule has 0 radical (unpaired) electrons. The molecule has 3 aliphatic rings. The van der Waals surface area contributed by atoms with Gasteiger partial charge in [0.05, 0.1) is 24.0 Å². The van der Waals surface area contributed by atoms with Crippen molar-refractivity contribution in [2.24, 2.45) is 11.8 Å². The number of carboxylic acid groups (broad SMARTS) is 1. The van der Waals surface area contributed by atoms with Crippen LogP contribution in [-0.4, -0.2) is 45.2 Å². The van der Waals surface area contributed by atoms with E-state index in [9.17, 15) is 9.90 Å². The number of halogens is 1. The summed E-state index contributed by atoms with van der Waals surface area (Å²) < 4.78 is 13.4. The Labute approximate surface area is 245 Å². The molecule has 4 atom stereocenters. The van der Waals surface area contributed by atoms with Crippen molar-refractivity contribution in [1.82, 2.24) is 0 Å². The molecular weight excluding hydrogens is 538 g/mol. The molecule has 40 heavy (non-hydrogen) atoms. The number of anilines is 1. The van der Waals surface area contributed by atoms with Gasteiger partial charge >= 0.3 is 5.97 Å². The van der Waals surface area contributed by atoms with E-state index in [0.717, 1.165) is 61.7 Å². The lowest BCUT2D eigenvalue weighted by atomic mass is 9.68. The highest BCUT2D eigenvalue weighted by molar-refractivity contribution is 6.74. The van der Waals surface area contributed by atoms with Crippen LogP contribution in [0.4, 0.5) is 5.69 Å². The Morgan fingerprint density at radius 1 is 1.27 bits per heavy atom. The number of carbonyl (C=O) groups is 1. The van der Waals surface area contributed by atoms with Gasteiger partial charge in [-0.05, 0) is 104 Å². The topological polar surface area (TPSA) is 59.0 Å². The monoisotopic (exact) mass is 581 g/mol. The van der Waals surface area contributed by atoms with E-state index < -0.39 is 14.3 Å². The number of rotatable bonds is 7. The van der Waals surface area contributed by atoms with Crippen molar-refractivity contribution in [2.75, 3.05) is 24.6 Å². The minimum absolute atomic E-state index is 0.0270. The Bertz CT molecular complexity index is 1290. The fraction of sp³-hybridized carbons (Fsp3) is 0.545. The van der Waals surface area contributed by atoms with E-state index in [0.29, 0.717) is 18.4 Å². The molecule has 2 aliphatic carbocycles. The van der Waals surface area contributed by atoms with Crippen LogP contribution in [0.15, 0.2) is 49.1 Å². The Balaban J connectivity index is 1.48. The molecule has 0 amide bonds. The third-order valence-electron chi connectivity index (χ3n) is 10.1. The van der Waals surface area contributed by atoms with E-state index in [2.05, 4.69) is 57.5 Å². The molecule has 1 N–H and O–H groups in total.